The molecule has 2 aromatic rings. The Kier molecular flexibility index (Phi) is 6.50. The first-order chi connectivity index (χ1) is 14.6. The van der Waals surface area contributed by atoms with Gasteiger partial charge in [-0.15, -0.1) is 0 Å². The van der Waals surface area contributed by atoms with Crippen molar-refractivity contribution in [2.24, 2.45) is 0 Å². The molecule has 0 saturated heterocycles. The molecule has 168 valence electrons. The maximum absolute atomic E-state index is 13.0. The van der Waals surface area contributed by atoms with E-state index < -0.39 is 15.6 Å². The van der Waals surface area contributed by atoms with Gasteiger partial charge in [-0.2, -0.15) is 0 Å². The Morgan fingerprint density at radius 3 is 2.45 bits per heavy atom. The molecule has 1 N–H and O–H groups in total. The van der Waals surface area contributed by atoms with Gasteiger partial charge < -0.3 is 14.8 Å². The Morgan fingerprint density at radius 1 is 1.19 bits per heavy atom. The number of amides is 1. The van der Waals surface area contributed by atoms with Gasteiger partial charge in [-0.25, -0.2) is 8.42 Å². The third-order valence-corrected chi connectivity index (χ3v) is 7.26. The van der Waals surface area contributed by atoms with Crippen LogP contribution in [0.15, 0.2) is 42.5 Å². The van der Waals surface area contributed by atoms with Crippen molar-refractivity contribution < 1.29 is 22.7 Å². The number of hydrogen-bond acceptors (Lipinski definition) is 5. The summed E-state index contributed by atoms with van der Waals surface area (Å²) in [6, 6.07) is 12.0. The monoisotopic (exact) mass is 446 g/mol. The van der Waals surface area contributed by atoms with Crippen LogP contribution in [0.1, 0.15) is 56.1 Å². The SMILES string of the molecule is CCN(c1ccc(C(=O)N[C@H]2CC(C)(C)Oc3ccc(OC)cc32)cc1)S(=O)(=O)CC. The quantitative estimate of drug-likeness (QED) is 0.697. The van der Waals surface area contributed by atoms with Gasteiger partial charge in [-0.3, -0.25) is 9.10 Å². The molecule has 0 bridgehead atoms. The molecular weight excluding hydrogens is 416 g/mol. The van der Waals surface area contributed by atoms with Crippen molar-refractivity contribution in [3.63, 3.8) is 0 Å². The molecule has 1 aliphatic heterocycles. The first-order valence-electron chi connectivity index (χ1n) is 10.4. The molecule has 1 atom stereocenters. The van der Waals surface area contributed by atoms with Crippen LogP contribution in [0.2, 0.25) is 0 Å². The van der Waals surface area contributed by atoms with Crippen molar-refractivity contribution in [2.45, 2.75) is 45.8 Å². The fourth-order valence-electron chi connectivity index (χ4n) is 3.80. The molecule has 0 radical (unpaired) electrons. The maximum atomic E-state index is 13.0. The number of sulfonamides is 1. The summed E-state index contributed by atoms with van der Waals surface area (Å²) in [4.78, 5) is 13.0. The minimum atomic E-state index is -3.37. The summed E-state index contributed by atoms with van der Waals surface area (Å²) in [5.74, 6) is 1.21. The lowest BCUT2D eigenvalue weighted by molar-refractivity contribution is 0.0618. The van der Waals surface area contributed by atoms with Crippen LogP contribution >= 0.6 is 0 Å². The topological polar surface area (TPSA) is 84.9 Å². The number of rotatable bonds is 7. The van der Waals surface area contributed by atoms with Crippen LogP contribution in [0.3, 0.4) is 0 Å². The van der Waals surface area contributed by atoms with E-state index in [1.54, 1.807) is 45.2 Å². The number of nitrogens with zero attached hydrogens (tertiary/aromatic N) is 1. The van der Waals surface area contributed by atoms with E-state index in [4.69, 9.17) is 9.47 Å². The summed E-state index contributed by atoms with van der Waals surface area (Å²) in [6.45, 7) is 7.70. The largest absolute Gasteiger partial charge is 0.497 e. The lowest BCUT2D eigenvalue weighted by atomic mass is 9.89. The summed E-state index contributed by atoms with van der Waals surface area (Å²) >= 11 is 0. The van der Waals surface area contributed by atoms with E-state index in [9.17, 15) is 13.2 Å². The number of nitrogens with one attached hydrogen (secondary N) is 1. The first-order valence-corrected chi connectivity index (χ1v) is 12.0. The number of ether oxygens (including phenoxy) is 2. The molecule has 0 aliphatic carbocycles. The van der Waals surface area contributed by atoms with Crippen LogP contribution in [0.25, 0.3) is 0 Å². The van der Waals surface area contributed by atoms with Crippen LogP contribution in [0, 0.1) is 0 Å². The highest BCUT2D eigenvalue weighted by Crippen LogP contribution is 2.41. The first kappa shape index (κ1) is 22.9. The molecule has 1 amide bonds. The van der Waals surface area contributed by atoms with Crippen molar-refractivity contribution in [1.82, 2.24) is 5.32 Å². The smallest absolute Gasteiger partial charge is 0.251 e. The second-order valence-electron chi connectivity index (χ2n) is 8.11. The van der Waals surface area contributed by atoms with E-state index in [1.807, 2.05) is 32.0 Å². The third-order valence-electron chi connectivity index (χ3n) is 5.38. The van der Waals surface area contributed by atoms with Crippen LogP contribution in [-0.4, -0.2) is 39.3 Å². The number of hydrogen-bond donors (Lipinski definition) is 1. The number of benzene rings is 2. The van der Waals surface area contributed by atoms with Gasteiger partial charge >= 0.3 is 0 Å². The van der Waals surface area contributed by atoms with E-state index in [0.717, 1.165) is 11.3 Å². The van der Waals surface area contributed by atoms with E-state index in [2.05, 4.69) is 5.32 Å². The predicted octanol–water partition coefficient (Wildman–Crippen LogP) is 3.90. The fraction of sp³-hybridized carbons (Fsp3) is 0.435. The zero-order valence-electron chi connectivity index (χ0n) is 18.6. The number of carbonyl (C=O) groups excluding carboxylic acids is 1. The van der Waals surface area contributed by atoms with Crippen molar-refractivity contribution in [1.29, 1.82) is 0 Å². The van der Waals surface area contributed by atoms with E-state index >= 15 is 0 Å². The lowest BCUT2D eigenvalue weighted by Crippen LogP contribution is -2.41. The summed E-state index contributed by atoms with van der Waals surface area (Å²) in [5, 5.41) is 3.10. The molecule has 0 aromatic heterocycles. The zero-order chi connectivity index (χ0) is 22.8. The third kappa shape index (κ3) is 4.95. The number of fused-ring (bicyclic) bond motifs is 1. The van der Waals surface area contributed by atoms with E-state index in [1.165, 1.54) is 4.31 Å². The van der Waals surface area contributed by atoms with Gasteiger partial charge in [0, 0.05) is 24.1 Å². The van der Waals surface area contributed by atoms with Gasteiger partial charge in [0.2, 0.25) is 10.0 Å². The zero-order valence-corrected chi connectivity index (χ0v) is 19.5. The highest BCUT2D eigenvalue weighted by atomic mass is 32.2. The predicted molar refractivity (Wildman–Crippen MR) is 121 cm³/mol. The molecule has 0 unspecified atom stereocenters. The Hall–Kier alpha value is -2.74. The van der Waals surface area contributed by atoms with E-state index in [0.29, 0.717) is 30.0 Å². The fourth-order valence-corrected chi connectivity index (χ4v) is 4.95. The van der Waals surface area contributed by atoms with Gasteiger partial charge in [0.25, 0.3) is 5.91 Å². The molecular formula is C23H30N2O5S. The molecule has 8 heteroatoms. The van der Waals surface area contributed by atoms with Crippen LogP contribution in [0.5, 0.6) is 11.5 Å². The Labute approximate surface area is 184 Å². The summed E-state index contributed by atoms with van der Waals surface area (Å²) < 4.78 is 37.3. The second-order valence-corrected chi connectivity index (χ2v) is 10.3. The highest BCUT2D eigenvalue weighted by molar-refractivity contribution is 7.92. The molecule has 2 aromatic carbocycles. The average molecular weight is 447 g/mol. The maximum Gasteiger partial charge on any atom is 0.251 e. The van der Waals surface area contributed by atoms with Crippen LogP contribution in [-0.2, 0) is 10.0 Å². The van der Waals surface area contributed by atoms with E-state index in [-0.39, 0.29) is 17.7 Å². The number of carbonyl (C=O) groups is 1. The molecule has 1 aliphatic rings. The molecule has 0 saturated carbocycles. The molecule has 7 nitrogen and oxygen atoms in total. The normalized spacial score (nSPS) is 17.3. The Bertz CT molecular complexity index is 1050. The van der Waals surface area contributed by atoms with Crippen molar-refractivity contribution in [3.8, 4) is 11.5 Å². The van der Waals surface area contributed by atoms with Crippen LogP contribution in [0.4, 0.5) is 5.69 Å². The molecule has 31 heavy (non-hydrogen) atoms. The molecule has 1 heterocycles. The van der Waals surface area contributed by atoms with Crippen molar-refractivity contribution in [2.75, 3.05) is 23.7 Å². The van der Waals surface area contributed by atoms with Crippen molar-refractivity contribution >= 4 is 21.6 Å². The second kappa shape index (κ2) is 8.78. The minimum Gasteiger partial charge on any atom is -0.497 e. The van der Waals surface area contributed by atoms with Gasteiger partial charge in [0.1, 0.15) is 17.1 Å². The van der Waals surface area contributed by atoms with Gasteiger partial charge in [-0.1, -0.05) is 0 Å². The summed E-state index contributed by atoms with van der Waals surface area (Å²) in [6.07, 6.45) is 0.606. The molecule has 3 rings (SSSR count). The highest BCUT2D eigenvalue weighted by Gasteiger charge is 2.35. The average Bonchev–Trinajstić information content (AvgIpc) is 2.73. The standard InChI is InChI=1S/C23H30N2O5S/c1-6-25(31(27,28)7-2)17-10-8-16(9-11-17)22(26)24-20-15-23(3,4)30-21-13-12-18(29-5)14-19(20)21/h8-14,20H,6-7,15H2,1-5H3,(H,24,26)/t20-/m0/s1. The molecule has 0 spiro atoms. The lowest BCUT2D eigenvalue weighted by Gasteiger charge is -2.38. The summed E-state index contributed by atoms with van der Waals surface area (Å²) in [7, 11) is -1.77. The van der Waals surface area contributed by atoms with Gasteiger partial charge in [-0.05, 0) is 70.2 Å². The number of anilines is 1. The Balaban J connectivity index is 1.83. The summed E-state index contributed by atoms with van der Waals surface area (Å²) in [5.41, 5.74) is 1.44. The van der Waals surface area contributed by atoms with Gasteiger partial charge in [0.05, 0.1) is 24.6 Å². The molecule has 0 fully saturated rings. The minimum absolute atomic E-state index is 0.0193. The van der Waals surface area contributed by atoms with Gasteiger partial charge in [0.15, 0.2) is 0 Å². The van der Waals surface area contributed by atoms with Crippen LogP contribution < -0.4 is 19.1 Å². The number of methoxy groups -OCH3 is 1. The van der Waals surface area contributed by atoms with Crippen molar-refractivity contribution in [3.05, 3.63) is 53.6 Å². The Morgan fingerprint density at radius 2 is 1.87 bits per heavy atom.